The molecular weight excluding hydrogens is 204 g/mol. The predicted molar refractivity (Wildman–Crippen MR) is 75.9 cm³/mol. The normalized spacial score (nSPS) is 26.1. The standard InChI is InChI=1S/C17H26/c1-14(2)17(11-7-8-12-17)15-9-5-6-10-16(3,4)13-15/h5-6,9-10,13-14H,7-8,11-12H2,1-4H3. The molecule has 0 aromatic carbocycles. The van der Waals surface area contributed by atoms with Gasteiger partial charge >= 0.3 is 0 Å². The van der Waals surface area contributed by atoms with Gasteiger partial charge in [0.1, 0.15) is 0 Å². The molecule has 0 amide bonds. The zero-order chi connectivity index (χ0) is 12.5. The van der Waals surface area contributed by atoms with Gasteiger partial charge in [0.2, 0.25) is 0 Å². The summed E-state index contributed by atoms with van der Waals surface area (Å²) in [6.07, 6.45) is 17.1. The van der Waals surface area contributed by atoms with Crippen LogP contribution in [0.1, 0.15) is 53.4 Å². The molecule has 0 saturated heterocycles. The summed E-state index contributed by atoms with van der Waals surface area (Å²) in [6.45, 7) is 9.40. The van der Waals surface area contributed by atoms with Crippen molar-refractivity contribution in [3.8, 4) is 0 Å². The second-order valence-corrected chi connectivity index (χ2v) is 6.66. The number of hydrogen-bond donors (Lipinski definition) is 0. The molecule has 1 fully saturated rings. The maximum absolute atomic E-state index is 2.50. The van der Waals surface area contributed by atoms with Crippen molar-refractivity contribution in [1.29, 1.82) is 0 Å². The van der Waals surface area contributed by atoms with Gasteiger partial charge in [0.25, 0.3) is 0 Å². The summed E-state index contributed by atoms with van der Waals surface area (Å²) < 4.78 is 0. The van der Waals surface area contributed by atoms with E-state index in [4.69, 9.17) is 0 Å². The van der Waals surface area contributed by atoms with Crippen LogP contribution in [-0.2, 0) is 0 Å². The molecule has 2 aliphatic carbocycles. The van der Waals surface area contributed by atoms with Crippen LogP contribution in [-0.4, -0.2) is 0 Å². The molecule has 0 unspecified atom stereocenters. The van der Waals surface area contributed by atoms with Gasteiger partial charge in [-0.05, 0) is 29.7 Å². The zero-order valence-electron chi connectivity index (χ0n) is 11.8. The van der Waals surface area contributed by atoms with Gasteiger partial charge in [-0.3, -0.25) is 0 Å². The third kappa shape index (κ3) is 2.41. The van der Waals surface area contributed by atoms with Crippen LogP contribution in [0.4, 0.5) is 0 Å². The number of rotatable bonds is 2. The number of hydrogen-bond acceptors (Lipinski definition) is 0. The molecule has 0 heteroatoms. The lowest BCUT2D eigenvalue weighted by Gasteiger charge is -2.36. The van der Waals surface area contributed by atoms with Gasteiger partial charge in [-0.1, -0.05) is 70.9 Å². The van der Waals surface area contributed by atoms with Gasteiger partial charge in [0.15, 0.2) is 0 Å². The third-order valence-corrected chi connectivity index (χ3v) is 4.62. The van der Waals surface area contributed by atoms with E-state index in [0.717, 1.165) is 5.92 Å². The van der Waals surface area contributed by atoms with Gasteiger partial charge < -0.3 is 0 Å². The van der Waals surface area contributed by atoms with E-state index < -0.39 is 0 Å². The second-order valence-electron chi connectivity index (χ2n) is 6.66. The lowest BCUT2D eigenvalue weighted by Crippen LogP contribution is -2.26. The molecule has 94 valence electrons. The van der Waals surface area contributed by atoms with Crippen molar-refractivity contribution in [2.45, 2.75) is 53.4 Å². The summed E-state index contributed by atoms with van der Waals surface area (Å²) >= 11 is 0. The first-order valence-electron chi connectivity index (χ1n) is 7.06. The fourth-order valence-electron chi connectivity index (χ4n) is 3.47. The minimum absolute atomic E-state index is 0.198. The Balaban J connectivity index is 2.40. The van der Waals surface area contributed by atoms with Crippen LogP contribution in [0.15, 0.2) is 36.0 Å². The third-order valence-electron chi connectivity index (χ3n) is 4.62. The number of allylic oxidation sites excluding steroid dienone is 6. The maximum Gasteiger partial charge on any atom is 0.00135 e. The molecule has 0 spiro atoms. The maximum atomic E-state index is 2.50. The molecule has 0 radical (unpaired) electrons. The first-order valence-corrected chi connectivity index (χ1v) is 7.06. The Bertz CT molecular complexity index is 357. The molecule has 1 saturated carbocycles. The summed E-state index contributed by atoms with van der Waals surface area (Å²) in [5.74, 6) is 0.745. The largest absolute Gasteiger partial charge is 0.0751 e. The minimum atomic E-state index is 0.198. The Hall–Kier alpha value is -0.780. The van der Waals surface area contributed by atoms with Gasteiger partial charge in [-0.2, -0.15) is 0 Å². The van der Waals surface area contributed by atoms with Gasteiger partial charge in [0, 0.05) is 5.41 Å². The van der Waals surface area contributed by atoms with Crippen molar-refractivity contribution < 1.29 is 0 Å². The fraction of sp³-hybridized carbons (Fsp3) is 0.647. The Kier molecular flexibility index (Phi) is 3.34. The van der Waals surface area contributed by atoms with Crippen LogP contribution in [0, 0.1) is 16.7 Å². The lowest BCUT2D eigenvalue weighted by atomic mass is 9.68. The Morgan fingerprint density at radius 2 is 1.71 bits per heavy atom. The van der Waals surface area contributed by atoms with E-state index in [9.17, 15) is 0 Å². The summed E-state index contributed by atoms with van der Waals surface area (Å²) in [5, 5.41) is 0. The first-order chi connectivity index (χ1) is 7.96. The van der Waals surface area contributed by atoms with E-state index in [0.29, 0.717) is 5.41 Å². The van der Waals surface area contributed by atoms with Gasteiger partial charge in [0.05, 0.1) is 0 Å². The van der Waals surface area contributed by atoms with Crippen LogP contribution in [0.2, 0.25) is 0 Å². The van der Waals surface area contributed by atoms with Crippen molar-refractivity contribution in [3.63, 3.8) is 0 Å². The van der Waals surface area contributed by atoms with Crippen LogP contribution >= 0.6 is 0 Å². The average molecular weight is 230 g/mol. The van der Waals surface area contributed by atoms with Crippen molar-refractivity contribution in [1.82, 2.24) is 0 Å². The lowest BCUT2D eigenvalue weighted by molar-refractivity contribution is 0.257. The molecule has 0 heterocycles. The molecule has 0 aromatic heterocycles. The molecule has 0 nitrogen and oxygen atoms in total. The molecule has 0 N–H and O–H groups in total. The Morgan fingerprint density at radius 3 is 2.29 bits per heavy atom. The highest BCUT2D eigenvalue weighted by molar-refractivity contribution is 5.36. The van der Waals surface area contributed by atoms with Crippen LogP contribution in [0.5, 0.6) is 0 Å². The molecule has 17 heavy (non-hydrogen) atoms. The smallest absolute Gasteiger partial charge is 0.00135 e. The molecule has 0 aromatic rings. The van der Waals surface area contributed by atoms with Gasteiger partial charge in [-0.15, -0.1) is 0 Å². The highest BCUT2D eigenvalue weighted by Gasteiger charge is 2.39. The highest BCUT2D eigenvalue weighted by Crippen LogP contribution is 2.51. The van der Waals surface area contributed by atoms with E-state index in [1.54, 1.807) is 5.57 Å². The van der Waals surface area contributed by atoms with E-state index in [1.807, 2.05) is 0 Å². The fourth-order valence-corrected chi connectivity index (χ4v) is 3.47. The van der Waals surface area contributed by atoms with Crippen LogP contribution in [0.3, 0.4) is 0 Å². The highest BCUT2D eigenvalue weighted by atomic mass is 14.4. The van der Waals surface area contributed by atoms with E-state index in [2.05, 4.69) is 58.1 Å². The average Bonchev–Trinajstić information content (AvgIpc) is 2.66. The molecular formula is C17H26. The topological polar surface area (TPSA) is 0 Å². The molecule has 2 rings (SSSR count). The molecule has 0 atom stereocenters. The first kappa shape index (κ1) is 12.7. The van der Waals surface area contributed by atoms with Crippen molar-refractivity contribution >= 4 is 0 Å². The van der Waals surface area contributed by atoms with Crippen molar-refractivity contribution in [2.24, 2.45) is 16.7 Å². The summed E-state index contributed by atoms with van der Waals surface area (Å²) in [7, 11) is 0. The Labute approximate surface area is 106 Å². The molecule has 0 bridgehead atoms. The minimum Gasteiger partial charge on any atom is -0.0751 e. The SMILES string of the molecule is CC(C)C1(C2=CC(C)(C)C=CC=C2)CCCC1. The Morgan fingerprint density at radius 1 is 1.06 bits per heavy atom. The van der Waals surface area contributed by atoms with Crippen LogP contribution in [0.25, 0.3) is 0 Å². The van der Waals surface area contributed by atoms with Crippen molar-refractivity contribution in [2.75, 3.05) is 0 Å². The van der Waals surface area contributed by atoms with E-state index >= 15 is 0 Å². The molecule has 2 aliphatic rings. The quantitative estimate of drug-likeness (QED) is 0.605. The molecule has 0 aliphatic heterocycles. The van der Waals surface area contributed by atoms with E-state index in [1.165, 1.54) is 25.7 Å². The second kappa shape index (κ2) is 4.48. The van der Waals surface area contributed by atoms with Crippen LogP contribution < -0.4 is 0 Å². The zero-order valence-corrected chi connectivity index (χ0v) is 11.8. The monoisotopic (exact) mass is 230 g/mol. The summed E-state index contributed by atoms with van der Waals surface area (Å²) in [6, 6.07) is 0. The predicted octanol–water partition coefficient (Wildman–Crippen LogP) is 5.28. The summed E-state index contributed by atoms with van der Waals surface area (Å²) in [4.78, 5) is 0. The van der Waals surface area contributed by atoms with Crippen molar-refractivity contribution in [3.05, 3.63) is 36.0 Å². The van der Waals surface area contributed by atoms with Gasteiger partial charge in [-0.25, -0.2) is 0 Å². The van der Waals surface area contributed by atoms with E-state index in [-0.39, 0.29) is 5.41 Å². The summed E-state index contributed by atoms with van der Waals surface area (Å²) in [5.41, 5.74) is 2.23.